The van der Waals surface area contributed by atoms with Crippen molar-refractivity contribution in [3.8, 4) is 0 Å². The van der Waals surface area contributed by atoms with Gasteiger partial charge in [-0.25, -0.2) is 0 Å². The molecule has 2 rings (SSSR count). The van der Waals surface area contributed by atoms with E-state index in [-0.39, 0.29) is 6.42 Å². The lowest BCUT2D eigenvalue weighted by Crippen LogP contribution is -2.35. The molecule has 1 atom stereocenters. The van der Waals surface area contributed by atoms with Crippen LogP contribution in [0.2, 0.25) is 0 Å². The minimum atomic E-state index is -1.07. The molecular formula is C12H13NO3. The highest BCUT2D eigenvalue weighted by molar-refractivity contribution is 6.06. The number of anilines is 1. The second kappa shape index (κ2) is 3.63. The number of amides is 1. The summed E-state index contributed by atoms with van der Waals surface area (Å²) >= 11 is 0. The van der Waals surface area contributed by atoms with Gasteiger partial charge in [-0.15, -0.1) is 0 Å². The molecule has 0 fully saturated rings. The first-order valence-corrected chi connectivity index (χ1v) is 5.13. The standard InChI is InChI=1S/C12H13NO3/c1-6-3-7(2)8-5-9(12(15)16)11(14)13-10(8)4-6/h3-4,9H,5H2,1-2H3,(H,13,14)(H,15,16). The number of carbonyl (C=O) groups is 2. The molecule has 2 N–H and O–H groups in total. The van der Waals surface area contributed by atoms with E-state index in [9.17, 15) is 9.59 Å². The molecule has 0 spiro atoms. The van der Waals surface area contributed by atoms with Gasteiger partial charge in [-0.05, 0) is 43.0 Å². The Balaban J connectivity index is 2.47. The highest BCUT2D eigenvalue weighted by Gasteiger charge is 2.32. The fraction of sp³-hybridized carbons (Fsp3) is 0.333. The Kier molecular flexibility index (Phi) is 2.42. The maximum atomic E-state index is 11.5. The molecule has 1 unspecified atom stereocenters. The molecule has 1 amide bonds. The van der Waals surface area contributed by atoms with E-state index in [1.165, 1.54) is 0 Å². The van der Waals surface area contributed by atoms with Crippen molar-refractivity contribution in [1.29, 1.82) is 0 Å². The van der Waals surface area contributed by atoms with Gasteiger partial charge in [0.25, 0.3) is 0 Å². The van der Waals surface area contributed by atoms with Crippen molar-refractivity contribution in [3.63, 3.8) is 0 Å². The Hall–Kier alpha value is -1.84. The third-order valence-electron chi connectivity index (χ3n) is 2.90. The predicted molar refractivity (Wildman–Crippen MR) is 59.4 cm³/mol. The Labute approximate surface area is 93.3 Å². The number of rotatable bonds is 1. The summed E-state index contributed by atoms with van der Waals surface area (Å²) in [6.07, 6.45) is 0.280. The van der Waals surface area contributed by atoms with Crippen molar-refractivity contribution in [2.75, 3.05) is 5.32 Å². The fourth-order valence-corrected chi connectivity index (χ4v) is 2.10. The summed E-state index contributed by atoms with van der Waals surface area (Å²) in [5.74, 6) is -2.46. The number of fused-ring (bicyclic) bond motifs is 1. The molecule has 1 aromatic carbocycles. The molecule has 16 heavy (non-hydrogen) atoms. The van der Waals surface area contributed by atoms with Gasteiger partial charge in [0, 0.05) is 5.69 Å². The van der Waals surface area contributed by atoms with E-state index in [1.807, 2.05) is 26.0 Å². The SMILES string of the molecule is Cc1cc(C)c2c(c1)NC(=O)C(C(=O)O)C2. The third-order valence-corrected chi connectivity index (χ3v) is 2.90. The van der Waals surface area contributed by atoms with Crippen LogP contribution in [-0.4, -0.2) is 17.0 Å². The van der Waals surface area contributed by atoms with Crippen LogP contribution in [0.1, 0.15) is 16.7 Å². The lowest BCUT2D eigenvalue weighted by molar-refractivity contribution is -0.145. The van der Waals surface area contributed by atoms with Crippen LogP contribution in [0, 0.1) is 19.8 Å². The van der Waals surface area contributed by atoms with Crippen LogP contribution in [0.3, 0.4) is 0 Å². The second-order valence-electron chi connectivity index (χ2n) is 4.19. The van der Waals surface area contributed by atoms with E-state index in [0.717, 1.165) is 22.4 Å². The Morgan fingerprint density at radius 1 is 1.44 bits per heavy atom. The summed E-state index contributed by atoms with van der Waals surface area (Å²) in [5, 5.41) is 11.6. The predicted octanol–water partition coefficient (Wildman–Crippen LogP) is 1.50. The van der Waals surface area contributed by atoms with Gasteiger partial charge in [-0.2, -0.15) is 0 Å². The second-order valence-corrected chi connectivity index (χ2v) is 4.19. The van der Waals surface area contributed by atoms with Gasteiger partial charge in [0.2, 0.25) is 5.91 Å². The van der Waals surface area contributed by atoms with Crippen molar-refractivity contribution >= 4 is 17.6 Å². The molecule has 1 heterocycles. The molecule has 0 saturated heterocycles. The summed E-state index contributed by atoms with van der Waals surface area (Å²) in [4.78, 5) is 22.4. The minimum Gasteiger partial charge on any atom is -0.481 e. The number of aryl methyl sites for hydroxylation is 2. The third kappa shape index (κ3) is 1.66. The van der Waals surface area contributed by atoms with Gasteiger partial charge in [0.1, 0.15) is 5.92 Å². The number of carboxylic acids is 1. The van der Waals surface area contributed by atoms with Gasteiger partial charge in [-0.3, -0.25) is 9.59 Å². The smallest absolute Gasteiger partial charge is 0.316 e. The molecule has 84 valence electrons. The number of hydrogen-bond donors (Lipinski definition) is 2. The maximum Gasteiger partial charge on any atom is 0.316 e. The van der Waals surface area contributed by atoms with Crippen LogP contribution in [-0.2, 0) is 16.0 Å². The zero-order valence-corrected chi connectivity index (χ0v) is 9.20. The molecule has 0 radical (unpaired) electrons. The highest BCUT2D eigenvalue weighted by atomic mass is 16.4. The van der Waals surface area contributed by atoms with Crippen LogP contribution >= 0.6 is 0 Å². The van der Waals surface area contributed by atoms with Crippen molar-refractivity contribution in [1.82, 2.24) is 0 Å². The summed E-state index contributed by atoms with van der Waals surface area (Å²) in [5.41, 5.74) is 3.77. The number of carbonyl (C=O) groups excluding carboxylic acids is 1. The molecule has 1 aliphatic rings. The molecule has 4 nitrogen and oxygen atoms in total. The van der Waals surface area contributed by atoms with Gasteiger partial charge in [-0.1, -0.05) is 6.07 Å². The average Bonchev–Trinajstić information content (AvgIpc) is 2.15. The van der Waals surface area contributed by atoms with Gasteiger partial charge >= 0.3 is 5.97 Å². The van der Waals surface area contributed by atoms with Crippen LogP contribution < -0.4 is 5.32 Å². The van der Waals surface area contributed by atoms with E-state index < -0.39 is 17.8 Å². The number of benzene rings is 1. The van der Waals surface area contributed by atoms with Crippen LogP contribution in [0.4, 0.5) is 5.69 Å². The Bertz CT molecular complexity index is 479. The van der Waals surface area contributed by atoms with E-state index in [2.05, 4.69) is 5.32 Å². The molecule has 0 aliphatic carbocycles. The zero-order valence-electron chi connectivity index (χ0n) is 9.20. The Morgan fingerprint density at radius 2 is 2.12 bits per heavy atom. The van der Waals surface area contributed by atoms with E-state index in [4.69, 9.17) is 5.11 Å². The van der Waals surface area contributed by atoms with Crippen LogP contribution in [0.15, 0.2) is 12.1 Å². The first-order valence-electron chi connectivity index (χ1n) is 5.13. The van der Waals surface area contributed by atoms with Crippen LogP contribution in [0.5, 0.6) is 0 Å². The first-order chi connectivity index (χ1) is 7.49. The summed E-state index contributed by atoms with van der Waals surface area (Å²) in [6.45, 7) is 3.88. The highest BCUT2D eigenvalue weighted by Crippen LogP contribution is 2.29. The number of carboxylic acid groups (broad SMARTS) is 1. The lowest BCUT2D eigenvalue weighted by atomic mass is 9.89. The molecule has 1 aliphatic heterocycles. The van der Waals surface area contributed by atoms with Crippen molar-refractivity contribution in [3.05, 3.63) is 28.8 Å². The van der Waals surface area contributed by atoms with Crippen LogP contribution in [0.25, 0.3) is 0 Å². The lowest BCUT2D eigenvalue weighted by Gasteiger charge is -2.24. The first kappa shape index (κ1) is 10.7. The molecular weight excluding hydrogens is 206 g/mol. The number of hydrogen-bond acceptors (Lipinski definition) is 2. The largest absolute Gasteiger partial charge is 0.481 e. The summed E-state index contributed by atoms with van der Waals surface area (Å²) in [7, 11) is 0. The van der Waals surface area contributed by atoms with E-state index in [0.29, 0.717) is 0 Å². The van der Waals surface area contributed by atoms with Gasteiger partial charge in [0.05, 0.1) is 0 Å². The number of aliphatic carboxylic acids is 1. The van der Waals surface area contributed by atoms with Crippen molar-refractivity contribution in [2.24, 2.45) is 5.92 Å². The zero-order chi connectivity index (χ0) is 11.9. The monoisotopic (exact) mass is 219 g/mol. The topological polar surface area (TPSA) is 66.4 Å². The molecule has 1 aromatic rings. The normalized spacial score (nSPS) is 18.9. The van der Waals surface area contributed by atoms with E-state index in [1.54, 1.807) is 0 Å². The fourth-order valence-electron chi connectivity index (χ4n) is 2.10. The molecule has 0 saturated carbocycles. The maximum absolute atomic E-state index is 11.5. The quantitative estimate of drug-likeness (QED) is 0.703. The van der Waals surface area contributed by atoms with E-state index >= 15 is 0 Å². The average molecular weight is 219 g/mol. The minimum absolute atomic E-state index is 0.280. The van der Waals surface area contributed by atoms with Gasteiger partial charge in [0.15, 0.2) is 0 Å². The van der Waals surface area contributed by atoms with Gasteiger partial charge < -0.3 is 10.4 Å². The Morgan fingerprint density at radius 3 is 2.75 bits per heavy atom. The summed E-state index contributed by atoms with van der Waals surface area (Å²) < 4.78 is 0. The summed E-state index contributed by atoms with van der Waals surface area (Å²) in [6, 6.07) is 3.87. The molecule has 0 aromatic heterocycles. The van der Waals surface area contributed by atoms with Crippen molar-refractivity contribution < 1.29 is 14.7 Å². The number of nitrogens with one attached hydrogen (secondary N) is 1. The van der Waals surface area contributed by atoms with Crippen molar-refractivity contribution in [2.45, 2.75) is 20.3 Å². The molecule has 0 bridgehead atoms. The molecule has 4 heteroatoms.